The number of piperidine rings is 1. The number of carbonyl (C=O) groups is 1. The highest BCUT2D eigenvalue weighted by Gasteiger charge is 2.38. The monoisotopic (exact) mass is 526 g/mol. The Kier molecular flexibility index (Phi) is 9.41. The third-order valence-corrected chi connectivity index (χ3v) is 7.69. The fourth-order valence-corrected chi connectivity index (χ4v) is 5.00. The molecule has 1 saturated heterocycles. The van der Waals surface area contributed by atoms with Crippen molar-refractivity contribution in [3.05, 3.63) is 106 Å². The number of aliphatic hydroxyl groups excluding tert-OH is 1. The topological polar surface area (TPSA) is 61.8 Å². The molecule has 1 heterocycles. The lowest BCUT2D eigenvalue weighted by Gasteiger charge is -2.42. The van der Waals surface area contributed by atoms with Crippen LogP contribution in [0.15, 0.2) is 78.9 Å². The van der Waals surface area contributed by atoms with Gasteiger partial charge < -0.3 is 14.7 Å². The highest BCUT2D eigenvalue weighted by molar-refractivity contribution is 6.42. The molecule has 0 aromatic heterocycles. The van der Waals surface area contributed by atoms with Crippen LogP contribution in [-0.4, -0.2) is 48.3 Å². The molecule has 1 aliphatic heterocycles. The number of hydrogen-bond donors (Lipinski definition) is 2. The maximum atomic E-state index is 13.6. The van der Waals surface area contributed by atoms with Crippen LogP contribution >= 0.6 is 23.2 Å². The van der Waals surface area contributed by atoms with Crippen LogP contribution in [-0.2, 0) is 28.1 Å². The van der Waals surface area contributed by atoms with Crippen molar-refractivity contribution in [1.29, 1.82) is 0 Å². The van der Waals surface area contributed by atoms with Crippen LogP contribution in [0.5, 0.6) is 0 Å². The van der Waals surface area contributed by atoms with Crippen molar-refractivity contribution < 1.29 is 14.6 Å². The van der Waals surface area contributed by atoms with Gasteiger partial charge >= 0.3 is 0 Å². The van der Waals surface area contributed by atoms with Gasteiger partial charge in [-0.3, -0.25) is 10.1 Å². The molecule has 7 heteroatoms. The van der Waals surface area contributed by atoms with Gasteiger partial charge in [0.1, 0.15) is 6.04 Å². The molecule has 5 nitrogen and oxygen atoms in total. The second-order valence-electron chi connectivity index (χ2n) is 9.31. The molecule has 3 aromatic carbocycles. The number of halogens is 2. The van der Waals surface area contributed by atoms with Gasteiger partial charge in [0.15, 0.2) is 0 Å². The summed E-state index contributed by atoms with van der Waals surface area (Å²) in [4.78, 5) is 15.5. The van der Waals surface area contributed by atoms with E-state index in [1.807, 2.05) is 59.5 Å². The summed E-state index contributed by atoms with van der Waals surface area (Å²) in [5.74, 6) is 0.0136. The van der Waals surface area contributed by atoms with Gasteiger partial charge in [-0.05, 0) is 41.7 Å². The third-order valence-electron chi connectivity index (χ3n) is 6.95. The van der Waals surface area contributed by atoms with Gasteiger partial charge in [0.2, 0.25) is 5.91 Å². The van der Waals surface area contributed by atoms with Crippen LogP contribution in [0, 0.1) is 0 Å². The van der Waals surface area contributed by atoms with E-state index >= 15 is 0 Å². The van der Waals surface area contributed by atoms with E-state index in [1.54, 1.807) is 12.1 Å². The largest absolute Gasteiger partial charge is 0.395 e. The van der Waals surface area contributed by atoms with Crippen LogP contribution in [0.1, 0.15) is 29.5 Å². The van der Waals surface area contributed by atoms with E-state index in [-0.39, 0.29) is 24.5 Å². The number of aliphatic hydroxyl groups is 1. The number of rotatable bonds is 10. The molecule has 0 spiro atoms. The number of hydrogen-bond acceptors (Lipinski definition) is 4. The maximum absolute atomic E-state index is 13.6. The SMILES string of the molecule is O=C([C@H](COCc1ccc(Cl)c(Cl)c1)NCc1ccccc1)N1CCC(CO)(c2ccccc2)CC1. The smallest absolute Gasteiger partial charge is 0.242 e. The summed E-state index contributed by atoms with van der Waals surface area (Å²) in [6, 6.07) is 25.0. The van der Waals surface area contributed by atoms with Gasteiger partial charge in [0.25, 0.3) is 0 Å². The number of carbonyl (C=O) groups excluding carboxylic acids is 1. The van der Waals surface area contributed by atoms with E-state index < -0.39 is 6.04 Å². The number of likely N-dealkylation sites (tertiary alicyclic amines) is 1. The van der Waals surface area contributed by atoms with E-state index in [0.29, 0.717) is 36.3 Å². The van der Waals surface area contributed by atoms with Crippen LogP contribution in [0.4, 0.5) is 0 Å². The average molecular weight is 527 g/mol. The minimum Gasteiger partial charge on any atom is -0.395 e. The van der Waals surface area contributed by atoms with Gasteiger partial charge in [-0.15, -0.1) is 0 Å². The summed E-state index contributed by atoms with van der Waals surface area (Å²) in [6.45, 7) is 2.37. The Morgan fingerprint density at radius 2 is 1.61 bits per heavy atom. The fraction of sp³-hybridized carbons (Fsp3) is 0.345. The van der Waals surface area contributed by atoms with Crippen LogP contribution < -0.4 is 5.32 Å². The molecule has 1 atom stereocenters. The zero-order valence-corrected chi connectivity index (χ0v) is 21.7. The standard InChI is InChI=1S/C29H32Cl2N2O3/c30-25-12-11-23(17-26(25)31)19-36-20-27(32-18-22-7-3-1-4-8-22)28(35)33-15-13-29(21-34,14-16-33)24-9-5-2-6-10-24/h1-12,17,27,32,34H,13-16,18-21H2/t27-/m0/s1. The van der Waals surface area contributed by atoms with Crippen molar-refractivity contribution in [3.63, 3.8) is 0 Å². The number of amides is 1. The minimum atomic E-state index is -0.494. The summed E-state index contributed by atoms with van der Waals surface area (Å²) in [5, 5.41) is 14.6. The Labute approximate surface area is 223 Å². The highest BCUT2D eigenvalue weighted by atomic mass is 35.5. The maximum Gasteiger partial charge on any atom is 0.242 e. The summed E-state index contributed by atoms with van der Waals surface area (Å²) < 4.78 is 5.96. The molecule has 3 aromatic rings. The molecule has 0 bridgehead atoms. The molecule has 0 radical (unpaired) electrons. The van der Waals surface area contributed by atoms with E-state index in [4.69, 9.17) is 27.9 Å². The molecular weight excluding hydrogens is 495 g/mol. The Bertz CT molecular complexity index is 1120. The third kappa shape index (κ3) is 6.67. The lowest BCUT2D eigenvalue weighted by Crippen LogP contribution is -2.53. The second-order valence-corrected chi connectivity index (χ2v) is 10.1. The lowest BCUT2D eigenvalue weighted by molar-refractivity contribution is -0.137. The Balaban J connectivity index is 1.40. The van der Waals surface area contributed by atoms with Crippen LogP contribution in [0.25, 0.3) is 0 Å². The van der Waals surface area contributed by atoms with Crippen molar-refractivity contribution in [2.45, 2.75) is 37.5 Å². The molecular formula is C29H32Cl2N2O3. The zero-order valence-electron chi connectivity index (χ0n) is 20.2. The van der Waals surface area contributed by atoms with Crippen molar-refractivity contribution in [1.82, 2.24) is 10.2 Å². The van der Waals surface area contributed by atoms with Crippen molar-refractivity contribution in [2.75, 3.05) is 26.3 Å². The van der Waals surface area contributed by atoms with E-state index in [0.717, 1.165) is 29.5 Å². The molecule has 4 rings (SSSR count). The van der Waals surface area contributed by atoms with Gasteiger partial charge in [-0.1, -0.05) is 89.9 Å². The minimum absolute atomic E-state index is 0.0136. The predicted molar refractivity (Wildman–Crippen MR) is 144 cm³/mol. The average Bonchev–Trinajstić information content (AvgIpc) is 2.93. The van der Waals surface area contributed by atoms with Crippen molar-refractivity contribution in [3.8, 4) is 0 Å². The number of benzene rings is 3. The molecule has 1 aliphatic rings. The van der Waals surface area contributed by atoms with E-state index in [2.05, 4.69) is 17.4 Å². The first-order chi connectivity index (χ1) is 17.5. The van der Waals surface area contributed by atoms with Crippen LogP contribution in [0.2, 0.25) is 10.0 Å². The highest BCUT2D eigenvalue weighted by Crippen LogP contribution is 2.35. The first-order valence-electron chi connectivity index (χ1n) is 12.2. The normalized spacial score (nSPS) is 16.0. The molecule has 0 unspecified atom stereocenters. The van der Waals surface area contributed by atoms with E-state index in [9.17, 15) is 9.90 Å². The van der Waals surface area contributed by atoms with Gasteiger partial charge in [0, 0.05) is 25.0 Å². The van der Waals surface area contributed by atoms with Crippen molar-refractivity contribution >= 4 is 29.1 Å². The van der Waals surface area contributed by atoms with Crippen LogP contribution in [0.3, 0.4) is 0 Å². The van der Waals surface area contributed by atoms with Gasteiger partial charge in [0.05, 0.1) is 29.9 Å². The van der Waals surface area contributed by atoms with Gasteiger partial charge in [-0.25, -0.2) is 0 Å². The van der Waals surface area contributed by atoms with Gasteiger partial charge in [-0.2, -0.15) is 0 Å². The lowest BCUT2D eigenvalue weighted by atomic mass is 9.73. The quantitative estimate of drug-likeness (QED) is 0.380. The molecule has 36 heavy (non-hydrogen) atoms. The fourth-order valence-electron chi connectivity index (χ4n) is 4.68. The Morgan fingerprint density at radius 1 is 0.944 bits per heavy atom. The molecule has 1 amide bonds. The molecule has 190 valence electrons. The second kappa shape index (κ2) is 12.7. The summed E-state index contributed by atoms with van der Waals surface area (Å²) >= 11 is 12.1. The zero-order chi connectivity index (χ0) is 25.4. The molecule has 2 N–H and O–H groups in total. The predicted octanol–water partition coefficient (Wildman–Crippen LogP) is 5.22. The van der Waals surface area contributed by atoms with Crippen molar-refractivity contribution in [2.24, 2.45) is 0 Å². The Hall–Kier alpha value is -2.41. The number of nitrogens with zero attached hydrogens (tertiary/aromatic N) is 1. The molecule has 0 saturated carbocycles. The number of nitrogens with one attached hydrogen (secondary N) is 1. The summed E-state index contributed by atoms with van der Waals surface area (Å²) in [7, 11) is 0. The first-order valence-corrected chi connectivity index (χ1v) is 13.0. The number of ether oxygens (including phenoxy) is 1. The van der Waals surface area contributed by atoms with E-state index in [1.165, 1.54) is 0 Å². The first kappa shape index (κ1) is 26.6. The Morgan fingerprint density at radius 3 is 2.25 bits per heavy atom. The summed E-state index contributed by atoms with van der Waals surface area (Å²) in [5.41, 5.74) is 2.81. The molecule has 0 aliphatic carbocycles. The molecule has 1 fully saturated rings. The summed E-state index contributed by atoms with van der Waals surface area (Å²) in [6.07, 6.45) is 1.43.